The summed E-state index contributed by atoms with van der Waals surface area (Å²) in [6.45, 7) is 0. The van der Waals surface area contributed by atoms with Crippen molar-refractivity contribution in [2.45, 2.75) is 6.04 Å². The fraction of sp³-hybridized carbons (Fsp3) is 1.00. The van der Waals surface area contributed by atoms with Gasteiger partial charge in [-0.15, -0.1) is 11.6 Å². The Kier molecular flexibility index (Phi) is 7.07. The summed E-state index contributed by atoms with van der Waals surface area (Å²) in [6.07, 6.45) is 6.60. The highest BCUT2D eigenvalue weighted by molar-refractivity contribution is 8.80. The molecule has 0 fully saturated rings. The minimum absolute atomic E-state index is 0.814. The van der Waals surface area contributed by atoms with Gasteiger partial charge in [-0.1, -0.05) is 0 Å². The van der Waals surface area contributed by atoms with Crippen LogP contribution in [0.3, 0.4) is 0 Å². The van der Waals surface area contributed by atoms with Crippen LogP contribution >= 0.6 is 45.2 Å². The zero-order valence-corrected chi connectivity index (χ0v) is 10.7. The molecule has 0 N–H and O–H groups in total. The maximum Gasteiger partial charge on any atom is 0.238 e. The van der Waals surface area contributed by atoms with Gasteiger partial charge in [-0.3, -0.25) is 0 Å². The molecule has 0 aromatic rings. The van der Waals surface area contributed by atoms with Crippen molar-refractivity contribution < 1.29 is 0 Å². The summed E-state index contributed by atoms with van der Waals surface area (Å²) < 4.78 is 0. The van der Waals surface area contributed by atoms with Crippen LogP contribution in [-0.2, 0) is 0 Å². The molecule has 0 rings (SSSR count). The third kappa shape index (κ3) is 3.30. The van der Waals surface area contributed by atoms with Crippen LogP contribution < -0.4 is 0 Å². The number of halogens is 1. The first kappa shape index (κ1) is 11.6. The van der Waals surface area contributed by atoms with E-state index >= 15 is 0 Å². The molecule has 0 spiro atoms. The zero-order chi connectivity index (χ0) is 8.04. The van der Waals surface area contributed by atoms with Crippen molar-refractivity contribution >= 4 is 50.8 Å². The second kappa shape index (κ2) is 6.12. The summed E-state index contributed by atoms with van der Waals surface area (Å²) in [5, 5.41) is 0. The van der Waals surface area contributed by atoms with Crippen molar-refractivity contribution in [3.8, 4) is 0 Å². The molecule has 0 aromatic heterocycles. The Hall–Kier alpha value is 1.56. The van der Waals surface area contributed by atoms with Crippen LogP contribution in [0.25, 0.3) is 0 Å². The zero-order valence-electron chi connectivity index (χ0n) is 6.52. The molecule has 0 aliphatic heterocycles. The minimum Gasteiger partial charge on any atom is -0.165 e. The van der Waals surface area contributed by atoms with Crippen LogP contribution in [0, 0.1) is 0 Å². The van der Waals surface area contributed by atoms with E-state index in [-0.39, 0.29) is 0 Å². The van der Waals surface area contributed by atoms with Crippen molar-refractivity contribution in [2.75, 3.05) is 24.6 Å². The highest BCUT2D eigenvalue weighted by atomic mass is 35.5. The molecule has 5 heteroatoms. The Bertz CT molecular complexity index is 78.7. The topological polar surface area (TPSA) is 0 Å². The molecule has 0 saturated carbocycles. The van der Waals surface area contributed by atoms with Gasteiger partial charge in [0.25, 0.3) is 0 Å². The normalized spacial score (nSPS) is 12.0. The highest BCUT2D eigenvalue weighted by Gasteiger charge is 2.29. The van der Waals surface area contributed by atoms with Gasteiger partial charge < -0.3 is 0 Å². The second-order valence-electron chi connectivity index (χ2n) is 1.73. The third-order valence-electron chi connectivity index (χ3n) is 1.33. The monoisotopic (exact) mass is 232 g/mol. The molecule has 62 valence electrons. The molecular weight excluding hydrogens is 220 g/mol. The molecule has 0 bridgehead atoms. The van der Waals surface area contributed by atoms with Gasteiger partial charge in [-0.25, -0.2) is 0 Å². The van der Waals surface area contributed by atoms with Gasteiger partial charge in [0, 0.05) is 5.88 Å². The van der Waals surface area contributed by atoms with Crippen molar-refractivity contribution in [1.82, 2.24) is 0 Å². The van der Waals surface area contributed by atoms with Crippen LogP contribution in [-0.4, -0.2) is 30.2 Å². The first-order valence-electron chi connectivity index (χ1n) is 2.96. The Balaban J connectivity index is 3.87. The minimum atomic E-state index is -1.10. The predicted molar refractivity (Wildman–Crippen MR) is 61.8 cm³/mol. The van der Waals surface area contributed by atoms with Crippen molar-refractivity contribution in [3.05, 3.63) is 0 Å². The van der Waals surface area contributed by atoms with Crippen LogP contribution in [0.1, 0.15) is 0 Å². The maximum absolute atomic E-state index is 5.72. The summed E-state index contributed by atoms with van der Waals surface area (Å²) in [5.74, 6) is 0.814. The van der Waals surface area contributed by atoms with E-state index in [0.29, 0.717) is 0 Å². The lowest BCUT2D eigenvalue weighted by atomic mass is 11.0. The molecule has 0 atom stereocenters. The Morgan fingerprint density at radius 1 is 1.10 bits per heavy atom. The molecule has 0 nitrogen and oxygen atoms in total. The lowest BCUT2D eigenvalue weighted by molar-refractivity contribution is 1.47. The van der Waals surface area contributed by atoms with E-state index < -0.39 is 5.52 Å². The van der Waals surface area contributed by atoms with E-state index in [4.69, 9.17) is 11.6 Å². The average molecular weight is 233 g/mol. The number of alkyl halides is 1. The van der Waals surface area contributed by atoms with Gasteiger partial charge in [0.15, 0.2) is 0 Å². The van der Waals surface area contributed by atoms with E-state index in [1.165, 1.54) is 6.04 Å². The fourth-order valence-corrected chi connectivity index (χ4v) is 12.6. The number of hydrogen-bond donors (Lipinski definition) is 0. The van der Waals surface area contributed by atoms with Gasteiger partial charge in [0.2, 0.25) is 5.52 Å². The lowest BCUT2D eigenvalue weighted by Crippen LogP contribution is -2.20. The predicted octanol–water partition coefficient (Wildman–Crippen LogP) is 3.25. The molecule has 0 heterocycles. The highest BCUT2D eigenvalue weighted by Crippen LogP contribution is 2.41. The molecule has 0 radical (unpaired) electrons. The molecule has 0 aliphatic carbocycles. The van der Waals surface area contributed by atoms with Gasteiger partial charge in [-0.2, -0.15) is 33.6 Å². The van der Waals surface area contributed by atoms with E-state index in [9.17, 15) is 0 Å². The van der Waals surface area contributed by atoms with Crippen molar-refractivity contribution in [1.29, 1.82) is 0 Å². The van der Waals surface area contributed by atoms with Gasteiger partial charge in [0.05, 0.1) is 0 Å². The van der Waals surface area contributed by atoms with E-state index in [0.717, 1.165) is 5.88 Å². The molecule has 0 saturated heterocycles. The first-order valence-corrected chi connectivity index (χ1v) is 11.5. The van der Waals surface area contributed by atoms with Gasteiger partial charge in [-0.05, 0) is 24.8 Å². The van der Waals surface area contributed by atoms with E-state index in [1.54, 1.807) is 0 Å². The number of rotatable bonds is 5. The van der Waals surface area contributed by atoms with Gasteiger partial charge >= 0.3 is 0 Å². The molecular formula is C5H13ClS3Si. The molecule has 0 aromatic carbocycles. The SMILES string of the molecule is CS[Si](CCCl)(SC)SC. The first-order chi connectivity index (χ1) is 4.74. The Morgan fingerprint density at radius 3 is 1.60 bits per heavy atom. The van der Waals surface area contributed by atoms with Crippen molar-refractivity contribution in [3.63, 3.8) is 0 Å². The summed E-state index contributed by atoms with van der Waals surface area (Å²) in [6, 6.07) is 1.21. The second-order valence-corrected chi connectivity index (χ2v) is 17.5. The summed E-state index contributed by atoms with van der Waals surface area (Å²) in [5.41, 5.74) is -1.10. The maximum atomic E-state index is 5.72. The van der Waals surface area contributed by atoms with Crippen LogP contribution in [0.15, 0.2) is 0 Å². The van der Waals surface area contributed by atoms with Crippen LogP contribution in [0.5, 0.6) is 0 Å². The molecule has 0 aliphatic rings. The lowest BCUT2D eigenvalue weighted by Gasteiger charge is -2.23. The molecule has 0 amide bonds. The van der Waals surface area contributed by atoms with E-state index in [2.05, 4.69) is 18.8 Å². The molecule has 0 unspecified atom stereocenters. The third-order valence-corrected chi connectivity index (χ3v) is 21.0. The van der Waals surface area contributed by atoms with Crippen LogP contribution in [0.4, 0.5) is 0 Å². The standard InChI is InChI=1S/C5H13ClS3Si/c1-7-10(8-2,9-3)5-4-6/h4-5H2,1-3H3. The van der Waals surface area contributed by atoms with Gasteiger partial charge in [0.1, 0.15) is 0 Å². The average Bonchev–Trinajstić information content (AvgIpc) is 2.01. The summed E-state index contributed by atoms with van der Waals surface area (Å²) in [4.78, 5) is 0. The summed E-state index contributed by atoms with van der Waals surface area (Å²) in [7, 11) is 0. The van der Waals surface area contributed by atoms with E-state index in [1.807, 2.05) is 33.6 Å². The quantitative estimate of drug-likeness (QED) is 0.528. The largest absolute Gasteiger partial charge is 0.238 e. The fourth-order valence-electron chi connectivity index (χ4n) is 0.672. The molecule has 10 heavy (non-hydrogen) atoms. The van der Waals surface area contributed by atoms with Crippen molar-refractivity contribution in [2.24, 2.45) is 0 Å². The summed E-state index contributed by atoms with van der Waals surface area (Å²) >= 11 is 11.8. The van der Waals surface area contributed by atoms with Crippen LogP contribution in [0.2, 0.25) is 6.04 Å². The Morgan fingerprint density at radius 2 is 1.50 bits per heavy atom. The number of hydrogen-bond acceptors (Lipinski definition) is 3. The Labute approximate surface area is 81.2 Å². The smallest absolute Gasteiger partial charge is 0.165 e.